The van der Waals surface area contributed by atoms with E-state index in [0.717, 1.165) is 0 Å². The van der Waals surface area contributed by atoms with Crippen molar-refractivity contribution in [1.82, 2.24) is 15.0 Å². The average Bonchev–Trinajstić information content (AvgIpc) is 3.18. The topological polar surface area (TPSA) is 122 Å². The maximum Gasteiger partial charge on any atom is 0.275 e. The molecule has 26 heavy (non-hydrogen) atoms. The number of pyridine rings is 1. The van der Waals surface area contributed by atoms with Crippen molar-refractivity contribution in [2.75, 3.05) is 23.9 Å². The highest BCUT2D eigenvalue weighted by Crippen LogP contribution is 2.18. The number of carbonyl (C=O) groups is 2. The number of aryl methyl sites for hydroxylation is 1. The molecule has 1 fully saturated rings. The van der Waals surface area contributed by atoms with Gasteiger partial charge in [0.2, 0.25) is 0 Å². The van der Waals surface area contributed by atoms with E-state index >= 15 is 0 Å². The zero-order valence-corrected chi connectivity index (χ0v) is 15.1. The van der Waals surface area contributed by atoms with Crippen molar-refractivity contribution in [1.29, 1.82) is 0 Å². The number of anilines is 1. The van der Waals surface area contributed by atoms with Crippen LogP contribution in [0.5, 0.6) is 0 Å². The summed E-state index contributed by atoms with van der Waals surface area (Å²) in [6.45, 7) is 1.69. The van der Waals surface area contributed by atoms with Crippen LogP contribution in [0.3, 0.4) is 0 Å². The summed E-state index contributed by atoms with van der Waals surface area (Å²) in [5.41, 5.74) is 0.115. The maximum atomic E-state index is 12.6. The summed E-state index contributed by atoms with van der Waals surface area (Å²) in [6, 6.07) is 5.67. The third-order valence-corrected chi connectivity index (χ3v) is 5.90. The number of nitrogens with zero attached hydrogens (tertiary/aromatic N) is 3. The number of rotatable bonds is 4. The number of nitrogens with one attached hydrogen (secondary N) is 1. The van der Waals surface area contributed by atoms with Crippen molar-refractivity contribution in [3.63, 3.8) is 0 Å². The van der Waals surface area contributed by atoms with Gasteiger partial charge < -0.3 is 14.7 Å². The van der Waals surface area contributed by atoms with Gasteiger partial charge in [0, 0.05) is 19.2 Å². The van der Waals surface area contributed by atoms with E-state index in [2.05, 4.69) is 15.5 Å². The molecule has 1 aliphatic heterocycles. The van der Waals surface area contributed by atoms with Crippen LogP contribution < -0.4 is 5.32 Å². The van der Waals surface area contributed by atoms with E-state index in [4.69, 9.17) is 4.52 Å². The Kier molecular flexibility index (Phi) is 4.77. The number of carbonyl (C=O) groups excluding carboxylic acids is 2. The highest BCUT2D eigenvalue weighted by Gasteiger charge is 2.33. The molecule has 0 saturated carbocycles. The van der Waals surface area contributed by atoms with E-state index in [1.807, 2.05) is 0 Å². The fourth-order valence-electron chi connectivity index (χ4n) is 2.71. The lowest BCUT2D eigenvalue weighted by atomic mass is 10.2. The van der Waals surface area contributed by atoms with Gasteiger partial charge in [-0.3, -0.25) is 9.59 Å². The third-order valence-electron chi connectivity index (χ3n) is 4.15. The van der Waals surface area contributed by atoms with Gasteiger partial charge in [0.15, 0.2) is 15.7 Å². The van der Waals surface area contributed by atoms with Crippen LogP contribution in [-0.2, 0) is 9.84 Å². The standard InChI is InChI=1S/C16H18N4O5S/c1-10-8-14(19-25-10)18-15(21)12-4-3-5-13(17-12)16(22)20(2)11-6-7-26(23,24)9-11/h3-5,8,11H,6-7,9H2,1-2H3,(H,18,19,21). The number of hydrogen-bond donors (Lipinski definition) is 1. The van der Waals surface area contributed by atoms with Crippen molar-refractivity contribution < 1.29 is 22.5 Å². The zero-order chi connectivity index (χ0) is 18.9. The highest BCUT2D eigenvalue weighted by molar-refractivity contribution is 7.91. The second-order valence-electron chi connectivity index (χ2n) is 6.16. The summed E-state index contributed by atoms with van der Waals surface area (Å²) >= 11 is 0. The quantitative estimate of drug-likeness (QED) is 0.838. The third kappa shape index (κ3) is 3.90. The van der Waals surface area contributed by atoms with Crippen LogP contribution >= 0.6 is 0 Å². The minimum Gasteiger partial charge on any atom is -0.360 e. The monoisotopic (exact) mass is 378 g/mol. The Morgan fingerprint density at radius 1 is 1.31 bits per heavy atom. The highest BCUT2D eigenvalue weighted by atomic mass is 32.2. The molecule has 3 rings (SSSR count). The van der Waals surface area contributed by atoms with Gasteiger partial charge in [0.05, 0.1) is 11.5 Å². The van der Waals surface area contributed by atoms with Crippen LogP contribution in [0, 0.1) is 6.92 Å². The van der Waals surface area contributed by atoms with Gasteiger partial charge >= 0.3 is 0 Å². The largest absolute Gasteiger partial charge is 0.360 e. The lowest BCUT2D eigenvalue weighted by molar-refractivity contribution is 0.0741. The molecule has 2 aromatic heterocycles. The zero-order valence-electron chi connectivity index (χ0n) is 14.3. The molecule has 1 aliphatic rings. The Hall–Kier alpha value is -2.75. The summed E-state index contributed by atoms with van der Waals surface area (Å²) in [5.74, 6) is -0.147. The molecule has 138 valence electrons. The first-order valence-electron chi connectivity index (χ1n) is 7.94. The normalized spacial score (nSPS) is 18.5. The van der Waals surface area contributed by atoms with Crippen LogP contribution in [0.15, 0.2) is 28.8 Å². The first kappa shape index (κ1) is 18.1. The molecule has 0 aliphatic carbocycles. The molecule has 10 heteroatoms. The predicted molar refractivity (Wildman–Crippen MR) is 92.6 cm³/mol. The summed E-state index contributed by atoms with van der Waals surface area (Å²) in [4.78, 5) is 30.3. The molecule has 0 bridgehead atoms. The molecule has 9 nitrogen and oxygen atoms in total. The summed E-state index contributed by atoms with van der Waals surface area (Å²) in [6.07, 6.45) is 0.399. The molecule has 1 N–H and O–H groups in total. The van der Waals surface area contributed by atoms with Gasteiger partial charge in [-0.05, 0) is 25.5 Å². The fourth-order valence-corrected chi connectivity index (χ4v) is 4.49. The van der Waals surface area contributed by atoms with E-state index in [1.165, 1.54) is 17.0 Å². The lowest BCUT2D eigenvalue weighted by Crippen LogP contribution is -2.38. The molecule has 1 atom stereocenters. The van der Waals surface area contributed by atoms with Crippen molar-refractivity contribution in [3.8, 4) is 0 Å². The van der Waals surface area contributed by atoms with E-state index in [9.17, 15) is 18.0 Å². The molecule has 1 unspecified atom stereocenters. The van der Waals surface area contributed by atoms with Crippen LogP contribution in [0.1, 0.15) is 33.2 Å². The van der Waals surface area contributed by atoms with Gasteiger partial charge in [0.1, 0.15) is 17.1 Å². The van der Waals surface area contributed by atoms with Crippen molar-refractivity contribution in [2.24, 2.45) is 0 Å². The maximum absolute atomic E-state index is 12.6. The Morgan fingerprint density at radius 3 is 2.65 bits per heavy atom. The number of amides is 2. The van der Waals surface area contributed by atoms with Crippen molar-refractivity contribution >= 4 is 27.5 Å². The summed E-state index contributed by atoms with van der Waals surface area (Å²) < 4.78 is 28.1. The molecule has 0 spiro atoms. The first-order chi connectivity index (χ1) is 12.2. The molecule has 3 heterocycles. The smallest absolute Gasteiger partial charge is 0.275 e. The van der Waals surface area contributed by atoms with E-state index in [-0.39, 0.29) is 34.8 Å². The lowest BCUT2D eigenvalue weighted by Gasteiger charge is -2.23. The Balaban J connectivity index is 1.74. The Morgan fingerprint density at radius 2 is 2.04 bits per heavy atom. The van der Waals surface area contributed by atoms with Gasteiger partial charge in [-0.2, -0.15) is 0 Å². The average molecular weight is 378 g/mol. The first-order valence-corrected chi connectivity index (χ1v) is 9.76. The van der Waals surface area contributed by atoms with Crippen LogP contribution in [0.25, 0.3) is 0 Å². The molecular formula is C16H18N4O5S. The molecule has 0 radical (unpaired) electrons. The molecular weight excluding hydrogens is 360 g/mol. The van der Waals surface area contributed by atoms with Crippen LogP contribution in [0.2, 0.25) is 0 Å². The van der Waals surface area contributed by atoms with Crippen molar-refractivity contribution in [3.05, 3.63) is 41.4 Å². The fraction of sp³-hybridized carbons (Fsp3) is 0.375. The SMILES string of the molecule is Cc1cc(NC(=O)c2cccc(C(=O)N(C)C3CCS(=O)(=O)C3)n2)no1. The van der Waals surface area contributed by atoms with Gasteiger partial charge in [-0.1, -0.05) is 11.2 Å². The van der Waals surface area contributed by atoms with Gasteiger partial charge in [-0.15, -0.1) is 0 Å². The Bertz CT molecular complexity index is 953. The molecule has 1 saturated heterocycles. The minimum atomic E-state index is -3.10. The number of aromatic nitrogens is 2. The molecule has 2 amide bonds. The van der Waals surface area contributed by atoms with E-state index in [0.29, 0.717) is 12.2 Å². The molecule has 2 aromatic rings. The van der Waals surface area contributed by atoms with E-state index < -0.39 is 21.7 Å². The summed E-state index contributed by atoms with van der Waals surface area (Å²) in [5, 5.41) is 6.20. The predicted octanol–water partition coefficient (Wildman–Crippen LogP) is 0.889. The van der Waals surface area contributed by atoms with Gasteiger partial charge in [-0.25, -0.2) is 13.4 Å². The van der Waals surface area contributed by atoms with E-state index in [1.54, 1.807) is 26.1 Å². The van der Waals surface area contributed by atoms with Gasteiger partial charge in [0.25, 0.3) is 11.8 Å². The van der Waals surface area contributed by atoms with Crippen LogP contribution in [0.4, 0.5) is 5.82 Å². The number of hydrogen-bond acceptors (Lipinski definition) is 7. The number of sulfone groups is 1. The summed E-state index contributed by atoms with van der Waals surface area (Å²) in [7, 11) is -1.56. The Labute approximate surface area is 150 Å². The minimum absolute atomic E-state index is 0.0453. The van der Waals surface area contributed by atoms with Crippen LogP contribution in [-0.4, -0.2) is 59.9 Å². The second-order valence-corrected chi connectivity index (χ2v) is 8.39. The van der Waals surface area contributed by atoms with Crippen molar-refractivity contribution in [2.45, 2.75) is 19.4 Å². The molecule has 0 aromatic carbocycles. The second kappa shape index (κ2) is 6.87.